The first-order valence-electron chi connectivity index (χ1n) is 9.25. The van der Waals surface area contributed by atoms with Crippen molar-refractivity contribution in [1.29, 1.82) is 0 Å². The van der Waals surface area contributed by atoms with Crippen molar-refractivity contribution in [1.82, 2.24) is 10.2 Å². The molecule has 2 aliphatic rings. The molecule has 28 heavy (non-hydrogen) atoms. The fourth-order valence-electron chi connectivity index (χ4n) is 3.82. The predicted octanol–water partition coefficient (Wildman–Crippen LogP) is 1.67. The summed E-state index contributed by atoms with van der Waals surface area (Å²) in [4.78, 5) is 39.9. The van der Waals surface area contributed by atoms with E-state index in [1.54, 1.807) is 4.90 Å². The molecule has 144 valence electrons. The molecule has 0 saturated carbocycles. The van der Waals surface area contributed by atoms with Crippen LogP contribution >= 0.6 is 0 Å². The number of nitrogen functional groups attached to an aromatic ring is 1. The molecule has 3 N–H and O–H groups in total. The Hall–Kier alpha value is -3.35. The second-order valence-electron chi connectivity index (χ2n) is 7.34. The lowest BCUT2D eigenvalue weighted by atomic mass is 10.0. The van der Waals surface area contributed by atoms with E-state index in [0.29, 0.717) is 25.1 Å². The van der Waals surface area contributed by atoms with E-state index in [-0.39, 0.29) is 24.1 Å². The van der Waals surface area contributed by atoms with Crippen LogP contribution in [0, 0.1) is 0 Å². The molecule has 7 heteroatoms. The number of imide groups is 1. The fourth-order valence-corrected chi connectivity index (χ4v) is 3.82. The van der Waals surface area contributed by atoms with Crippen LogP contribution in [-0.2, 0) is 22.7 Å². The number of anilines is 2. The summed E-state index contributed by atoms with van der Waals surface area (Å²) in [6, 6.07) is 12.9. The highest BCUT2D eigenvalue weighted by atomic mass is 16.2. The number of nitrogens with zero attached hydrogens (tertiary/aromatic N) is 2. The maximum Gasteiger partial charge on any atom is 0.255 e. The lowest BCUT2D eigenvalue weighted by molar-refractivity contribution is -0.136. The first-order valence-corrected chi connectivity index (χ1v) is 9.25. The molecule has 4 rings (SSSR count). The summed E-state index contributed by atoms with van der Waals surface area (Å²) in [5.41, 5.74) is 10.1. The monoisotopic (exact) mass is 378 g/mol. The molecule has 2 heterocycles. The second-order valence-corrected chi connectivity index (χ2v) is 7.34. The van der Waals surface area contributed by atoms with Crippen LogP contribution in [-0.4, -0.2) is 35.7 Å². The minimum absolute atomic E-state index is 0.150. The predicted molar refractivity (Wildman–Crippen MR) is 105 cm³/mol. The summed E-state index contributed by atoms with van der Waals surface area (Å²) in [6.45, 7) is 1.07. The van der Waals surface area contributed by atoms with Crippen LogP contribution < -0.4 is 16.0 Å². The maximum absolute atomic E-state index is 12.7. The number of carbonyl (C=O) groups excluding carboxylic acids is 3. The van der Waals surface area contributed by atoms with E-state index in [0.717, 1.165) is 22.5 Å². The number of fused-ring (bicyclic) bond motifs is 1. The standard InChI is InChI=1S/C21H22N4O3/c1-24(16-5-3-15(22)4-6-16)11-13-2-7-17-14(10-13)12-25(21(17)28)18-8-9-19(26)23-20(18)27/h2-7,10,18H,8-9,11-12,22H2,1H3,(H,23,26,27). The minimum atomic E-state index is -0.585. The van der Waals surface area contributed by atoms with Gasteiger partial charge in [0.1, 0.15) is 6.04 Å². The van der Waals surface area contributed by atoms with Crippen LogP contribution in [0.3, 0.4) is 0 Å². The van der Waals surface area contributed by atoms with Gasteiger partial charge in [0.15, 0.2) is 0 Å². The molecule has 0 aliphatic carbocycles. The normalized spacial score (nSPS) is 18.8. The summed E-state index contributed by atoms with van der Waals surface area (Å²) in [5, 5.41) is 2.33. The van der Waals surface area contributed by atoms with E-state index in [4.69, 9.17) is 5.73 Å². The van der Waals surface area contributed by atoms with Crippen molar-refractivity contribution in [3.8, 4) is 0 Å². The molecule has 0 spiro atoms. The number of hydrogen-bond donors (Lipinski definition) is 2. The number of amides is 3. The number of hydrogen-bond acceptors (Lipinski definition) is 5. The van der Waals surface area contributed by atoms with Crippen LogP contribution in [0.2, 0.25) is 0 Å². The lowest BCUT2D eigenvalue weighted by Crippen LogP contribution is -2.52. The Morgan fingerprint density at radius 1 is 1.14 bits per heavy atom. The minimum Gasteiger partial charge on any atom is -0.399 e. The SMILES string of the molecule is CN(Cc1ccc2c(c1)CN(C1CCC(=O)NC1=O)C2=O)c1ccc(N)cc1. The lowest BCUT2D eigenvalue weighted by Gasteiger charge is -2.29. The number of carbonyl (C=O) groups is 3. The highest BCUT2D eigenvalue weighted by molar-refractivity contribution is 6.05. The highest BCUT2D eigenvalue weighted by Gasteiger charge is 2.39. The second kappa shape index (κ2) is 6.99. The first kappa shape index (κ1) is 18.0. The van der Waals surface area contributed by atoms with Crippen LogP contribution in [0.1, 0.15) is 34.3 Å². The molecule has 2 aromatic rings. The molecule has 2 aromatic carbocycles. The Balaban J connectivity index is 1.50. The molecule has 0 aromatic heterocycles. The summed E-state index contributed by atoms with van der Waals surface area (Å²) < 4.78 is 0. The average molecular weight is 378 g/mol. The molecular formula is C21H22N4O3. The van der Waals surface area contributed by atoms with E-state index in [1.807, 2.05) is 49.5 Å². The van der Waals surface area contributed by atoms with Crippen molar-refractivity contribution >= 4 is 29.1 Å². The third-order valence-corrected chi connectivity index (χ3v) is 5.34. The van der Waals surface area contributed by atoms with Gasteiger partial charge in [0.25, 0.3) is 5.91 Å². The van der Waals surface area contributed by atoms with E-state index in [9.17, 15) is 14.4 Å². The van der Waals surface area contributed by atoms with Crippen LogP contribution in [0.5, 0.6) is 0 Å². The Morgan fingerprint density at radius 3 is 2.61 bits per heavy atom. The Bertz CT molecular complexity index is 955. The van der Waals surface area contributed by atoms with Crippen LogP contribution in [0.15, 0.2) is 42.5 Å². The summed E-state index contributed by atoms with van der Waals surface area (Å²) in [7, 11) is 2.00. The van der Waals surface area contributed by atoms with Crippen molar-refractivity contribution in [2.45, 2.75) is 32.0 Å². The molecule has 0 radical (unpaired) electrons. The smallest absolute Gasteiger partial charge is 0.255 e. The van der Waals surface area contributed by atoms with Crippen molar-refractivity contribution in [3.63, 3.8) is 0 Å². The van der Waals surface area contributed by atoms with E-state index in [2.05, 4.69) is 10.2 Å². The van der Waals surface area contributed by atoms with E-state index < -0.39 is 6.04 Å². The van der Waals surface area contributed by atoms with Gasteiger partial charge in [-0.1, -0.05) is 12.1 Å². The zero-order chi connectivity index (χ0) is 19.8. The number of benzene rings is 2. The molecule has 7 nitrogen and oxygen atoms in total. The van der Waals surface area contributed by atoms with Crippen molar-refractivity contribution in [2.75, 3.05) is 17.7 Å². The topological polar surface area (TPSA) is 95.7 Å². The molecule has 1 fully saturated rings. The van der Waals surface area contributed by atoms with Gasteiger partial charge in [-0.25, -0.2) is 0 Å². The molecule has 0 bridgehead atoms. The number of nitrogens with two attached hydrogens (primary N) is 1. The molecule has 1 saturated heterocycles. The van der Waals surface area contributed by atoms with Crippen LogP contribution in [0.4, 0.5) is 11.4 Å². The van der Waals surface area contributed by atoms with Gasteiger partial charge in [-0.15, -0.1) is 0 Å². The number of rotatable bonds is 4. The zero-order valence-electron chi connectivity index (χ0n) is 15.6. The molecule has 2 aliphatic heterocycles. The molecule has 1 atom stereocenters. The van der Waals surface area contributed by atoms with Gasteiger partial charge in [0.05, 0.1) is 0 Å². The third kappa shape index (κ3) is 3.31. The van der Waals surface area contributed by atoms with Crippen LogP contribution in [0.25, 0.3) is 0 Å². The van der Waals surface area contributed by atoms with Gasteiger partial charge < -0.3 is 15.5 Å². The van der Waals surface area contributed by atoms with Gasteiger partial charge >= 0.3 is 0 Å². The van der Waals surface area contributed by atoms with Gasteiger partial charge in [0.2, 0.25) is 11.8 Å². The van der Waals surface area contributed by atoms with Gasteiger partial charge in [0, 0.05) is 43.5 Å². The summed E-state index contributed by atoms with van der Waals surface area (Å²) >= 11 is 0. The zero-order valence-corrected chi connectivity index (χ0v) is 15.6. The number of piperidine rings is 1. The van der Waals surface area contributed by atoms with Crippen molar-refractivity contribution in [2.24, 2.45) is 0 Å². The van der Waals surface area contributed by atoms with Gasteiger partial charge in [-0.2, -0.15) is 0 Å². The Kier molecular flexibility index (Phi) is 4.50. The van der Waals surface area contributed by atoms with E-state index in [1.165, 1.54) is 0 Å². The maximum atomic E-state index is 12.7. The Morgan fingerprint density at radius 2 is 1.89 bits per heavy atom. The summed E-state index contributed by atoms with van der Waals surface area (Å²) in [6.07, 6.45) is 0.630. The number of nitrogens with one attached hydrogen (secondary N) is 1. The molecular weight excluding hydrogens is 356 g/mol. The molecule has 3 amide bonds. The van der Waals surface area contributed by atoms with E-state index >= 15 is 0 Å². The Labute approximate surface area is 163 Å². The first-order chi connectivity index (χ1) is 13.4. The van der Waals surface area contributed by atoms with Crippen molar-refractivity contribution < 1.29 is 14.4 Å². The highest BCUT2D eigenvalue weighted by Crippen LogP contribution is 2.29. The van der Waals surface area contributed by atoms with Gasteiger partial charge in [-0.05, 0) is 47.9 Å². The third-order valence-electron chi connectivity index (χ3n) is 5.34. The quantitative estimate of drug-likeness (QED) is 0.623. The molecule has 1 unspecified atom stereocenters. The largest absolute Gasteiger partial charge is 0.399 e. The van der Waals surface area contributed by atoms with Crippen molar-refractivity contribution in [3.05, 3.63) is 59.2 Å². The summed E-state index contributed by atoms with van der Waals surface area (Å²) in [5.74, 6) is -0.818. The average Bonchev–Trinajstić information content (AvgIpc) is 2.98. The van der Waals surface area contributed by atoms with Gasteiger partial charge in [-0.3, -0.25) is 19.7 Å². The fraction of sp³-hybridized carbons (Fsp3) is 0.286.